The van der Waals surface area contributed by atoms with Crippen molar-refractivity contribution in [3.8, 4) is 0 Å². The van der Waals surface area contributed by atoms with E-state index in [1.54, 1.807) is 6.26 Å². The van der Waals surface area contributed by atoms with E-state index in [9.17, 15) is 0 Å². The first-order valence-electron chi connectivity index (χ1n) is 5.46. The fourth-order valence-electron chi connectivity index (χ4n) is 1.55. The van der Waals surface area contributed by atoms with E-state index in [1.807, 2.05) is 6.20 Å². The van der Waals surface area contributed by atoms with Crippen molar-refractivity contribution in [2.75, 3.05) is 13.3 Å². The van der Waals surface area contributed by atoms with Gasteiger partial charge in [0.25, 0.3) is 0 Å². The fraction of sp³-hybridized carbons (Fsp3) is 0.818. The lowest BCUT2D eigenvalue weighted by molar-refractivity contribution is 0.169. The largest absolute Gasteiger partial charge is 0.479 e. The summed E-state index contributed by atoms with van der Waals surface area (Å²) in [5.74, 6) is 0. The van der Waals surface area contributed by atoms with Crippen LogP contribution in [0, 0.1) is 0 Å². The predicted octanol–water partition coefficient (Wildman–Crippen LogP) is 3.11. The van der Waals surface area contributed by atoms with E-state index in [0.29, 0.717) is 0 Å². The van der Waals surface area contributed by atoms with Crippen LogP contribution in [-0.2, 0) is 4.74 Å². The van der Waals surface area contributed by atoms with Crippen molar-refractivity contribution in [2.24, 2.45) is 0 Å². The van der Waals surface area contributed by atoms with Gasteiger partial charge in [0.05, 0.1) is 0 Å². The maximum absolute atomic E-state index is 5.10. The van der Waals surface area contributed by atoms with Crippen molar-refractivity contribution < 1.29 is 4.74 Å². The van der Waals surface area contributed by atoms with Gasteiger partial charge >= 0.3 is 0 Å². The van der Waals surface area contributed by atoms with Gasteiger partial charge in [-0.3, -0.25) is 0 Å². The second-order valence-corrected chi connectivity index (χ2v) is 3.66. The monoisotopic (exact) mass is 183 g/mol. The quantitative estimate of drug-likeness (QED) is 0.562. The first kappa shape index (κ1) is 10.4. The molecule has 2 nitrogen and oxygen atoms in total. The Balaban J connectivity index is 1.81. The highest BCUT2D eigenvalue weighted by atomic mass is 16.5. The van der Waals surface area contributed by atoms with Crippen molar-refractivity contribution in [2.45, 2.75) is 45.4 Å². The zero-order chi connectivity index (χ0) is 9.36. The molecular formula is C11H21NO. The van der Waals surface area contributed by atoms with E-state index in [0.717, 1.165) is 13.3 Å². The molecule has 1 heterocycles. The van der Waals surface area contributed by atoms with E-state index >= 15 is 0 Å². The van der Waals surface area contributed by atoms with E-state index in [1.165, 1.54) is 38.5 Å². The molecule has 0 aromatic rings. The smallest absolute Gasteiger partial charge is 0.160 e. The minimum absolute atomic E-state index is 0.759. The molecule has 0 aromatic carbocycles. The van der Waals surface area contributed by atoms with Crippen LogP contribution in [0.1, 0.15) is 45.4 Å². The number of rotatable bonds is 7. The third-order valence-electron chi connectivity index (χ3n) is 2.41. The van der Waals surface area contributed by atoms with Gasteiger partial charge in [-0.2, -0.15) is 0 Å². The summed E-state index contributed by atoms with van der Waals surface area (Å²) in [5.41, 5.74) is 0. The molecule has 0 unspecified atom stereocenters. The molecule has 0 bridgehead atoms. The van der Waals surface area contributed by atoms with Crippen molar-refractivity contribution >= 4 is 0 Å². The highest BCUT2D eigenvalue weighted by Crippen LogP contribution is 2.07. The van der Waals surface area contributed by atoms with E-state index < -0.39 is 0 Å². The molecule has 1 aliphatic heterocycles. The van der Waals surface area contributed by atoms with Gasteiger partial charge in [-0.15, -0.1) is 0 Å². The number of nitrogens with zero attached hydrogens (tertiary/aromatic N) is 1. The lowest BCUT2D eigenvalue weighted by Gasteiger charge is -2.12. The molecule has 1 rings (SSSR count). The van der Waals surface area contributed by atoms with Crippen LogP contribution in [0.4, 0.5) is 0 Å². The van der Waals surface area contributed by atoms with E-state index in [2.05, 4.69) is 11.8 Å². The lowest BCUT2D eigenvalue weighted by atomic mass is 10.1. The summed E-state index contributed by atoms with van der Waals surface area (Å²) in [6.07, 6.45) is 12.0. The molecule has 0 aliphatic carbocycles. The second-order valence-electron chi connectivity index (χ2n) is 3.66. The van der Waals surface area contributed by atoms with Gasteiger partial charge in [0.1, 0.15) is 6.26 Å². The third kappa shape index (κ3) is 4.81. The van der Waals surface area contributed by atoms with Gasteiger partial charge < -0.3 is 9.64 Å². The summed E-state index contributed by atoms with van der Waals surface area (Å²) in [5, 5.41) is 0. The molecule has 0 fully saturated rings. The summed E-state index contributed by atoms with van der Waals surface area (Å²) in [6.45, 7) is 4.17. The van der Waals surface area contributed by atoms with Crippen LogP contribution in [0.5, 0.6) is 0 Å². The van der Waals surface area contributed by atoms with Crippen LogP contribution in [-0.4, -0.2) is 18.2 Å². The van der Waals surface area contributed by atoms with Gasteiger partial charge in [-0.25, -0.2) is 0 Å². The first-order valence-corrected chi connectivity index (χ1v) is 5.46. The fourth-order valence-corrected chi connectivity index (χ4v) is 1.55. The zero-order valence-electron chi connectivity index (χ0n) is 8.67. The highest BCUT2D eigenvalue weighted by Gasteiger charge is 2.02. The number of unbranched alkanes of at least 4 members (excludes halogenated alkanes) is 5. The van der Waals surface area contributed by atoms with E-state index in [-0.39, 0.29) is 0 Å². The van der Waals surface area contributed by atoms with Crippen LogP contribution < -0.4 is 0 Å². The van der Waals surface area contributed by atoms with Crippen LogP contribution >= 0.6 is 0 Å². The minimum atomic E-state index is 0.759. The predicted molar refractivity (Wildman–Crippen MR) is 55.2 cm³/mol. The Bertz CT molecular complexity index is 145. The average molecular weight is 183 g/mol. The number of ether oxygens (including phenoxy) is 1. The van der Waals surface area contributed by atoms with Crippen LogP contribution in [0.3, 0.4) is 0 Å². The molecule has 0 saturated carbocycles. The highest BCUT2D eigenvalue weighted by molar-refractivity contribution is 4.79. The Hall–Kier alpha value is -0.660. The minimum Gasteiger partial charge on any atom is -0.479 e. The lowest BCUT2D eigenvalue weighted by Crippen LogP contribution is -2.16. The summed E-state index contributed by atoms with van der Waals surface area (Å²) in [6, 6.07) is 0. The molecule has 76 valence electrons. The van der Waals surface area contributed by atoms with Crippen LogP contribution in [0.25, 0.3) is 0 Å². The maximum Gasteiger partial charge on any atom is 0.160 e. The normalized spacial score (nSPS) is 15.0. The van der Waals surface area contributed by atoms with Crippen molar-refractivity contribution in [3.63, 3.8) is 0 Å². The molecular weight excluding hydrogens is 162 g/mol. The molecule has 0 saturated heterocycles. The summed E-state index contributed by atoms with van der Waals surface area (Å²) >= 11 is 0. The first-order chi connectivity index (χ1) is 6.43. The Morgan fingerprint density at radius 2 is 1.92 bits per heavy atom. The molecule has 0 aromatic heterocycles. The summed E-state index contributed by atoms with van der Waals surface area (Å²) < 4.78 is 5.10. The summed E-state index contributed by atoms with van der Waals surface area (Å²) in [4.78, 5) is 2.22. The summed E-state index contributed by atoms with van der Waals surface area (Å²) in [7, 11) is 0. The SMILES string of the molecule is CCCCCCCCN1C=COC1. The van der Waals surface area contributed by atoms with Gasteiger partial charge in [0.2, 0.25) is 0 Å². The van der Waals surface area contributed by atoms with Crippen molar-refractivity contribution in [1.82, 2.24) is 4.90 Å². The third-order valence-corrected chi connectivity index (χ3v) is 2.41. The molecule has 2 heteroatoms. The standard InChI is InChI=1S/C11H21NO/c1-2-3-4-5-6-7-8-12-9-10-13-11-12/h9-10H,2-8,11H2,1H3. The van der Waals surface area contributed by atoms with Gasteiger partial charge in [0, 0.05) is 12.7 Å². The second kappa shape index (κ2) is 6.81. The van der Waals surface area contributed by atoms with Gasteiger partial charge in [0.15, 0.2) is 6.73 Å². The maximum atomic E-state index is 5.10. The number of hydrogen-bond acceptors (Lipinski definition) is 2. The van der Waals surface area contributed by atoms with Crippen molar-refractivity contribution in [1.29, 1.82) is 0 Å². The topological polar surface area (TPSA) is 12.5 Å². The Kier molecular flexibility index (Phi) is 5.46. The molecule has 1 aliphatic rings. The molecule has 0 N–H and O–H groups in total. The van der Waals surface area contributed by atoms with E-state index in [4.69, 9.17) is 4.74 Å². The Morgan fingerprint density at radius 3 is 2.62 bits per heavy atom. The molecule has 0 spiro atoms. The van der Waals surface area contributed by atoms with Gasteiger partial charge in [-0.05, 0) is 6.42 Å². The number of hydrogen-bond donors (Lipinski definition) is 0. The molecule has 0 radical (unpaired) electrons. The Labute approximate surface area is 81.6 Å². The average Bonchev–Trinajstić information content (AvgIpc) is 2.63. The van der Waals surface area contributed by atoms with Crippen LogP contribution in [0.15, 0.2) is 12.5 Å². The zero-order valence-corrected chi connectivity index (χ0v) is 8.67. The van der Waals surface area contributed by atoms with Gasteiger partial charge in [-0.1, -0.05) is 39.0 Å². The Morgan fingerprint density at radius 1 is 1.15 bits per heavy atom. The van der Waals surface area contributed by atoms with Crippen LogP contribution in [0.2, 0.25) is 0 Å². The molecule has 13 heavy (non-hydrogen) atoms. The molecule has 0 atom stereocenters. The molecule has 0 amide bonds. The van der Waals surface area contributed by atoms with Crippen molar-refractivity contribution in [3.05, 3.63) is 12.5 Å².